The van der Waals surface area contributed by atoms with Gasteiger partial charge in [-0.3, -0.25) is 4.79 Å². The molecule has 1 unspecified atom stereocenters. The first-order chi connectivity index (χ1) is 13.1. The molecule has 1 atom stereocenters. The van der Waals surface area contributed by atoms with Crippen LogP contribution in [0.5, 0.6) is 11.5 Å². The van der Waals surface area contributed by atoms with Gasteiger partial charge in [-0.05, 0) is 61.6 Å². The number of carbonyl (C=O) groups excluding carboxylic acids is 1. The molecule has 5 heteroatoms. The molecule has 1 aromatic rings. The Kier molecular flexibility index (Phi) is 5.86. The number of fused-ring (bicyclic) bond motifs is 1. The van der Waals surface area contributed by atoms with E-state index in [2.05, 4.69) is 30.9 Å². The predicted molar refractivity (Wildman–Crippen MR) is 109 cm³/mol. The van der Waals surface area contributed by atoms with Gasteiger partial charge in [-0.25, -0.2) is 0 Å². The van der Waals surface area contributed by atoms with E-state index in [1.165, 1.54) is 18.4 Å². The smallest absolute Gasteiger partial charge is 0.231 e. The van der Waals surface area contributed by atoms with E-state index in [4.69, 9.17) is 9.47 Å². The number of ether oxygens (including phenoxy) is 2. The van der Waals surface area contributed by atoms with Gasteiger partial charge < -0.3 is 14.4 Å². The highest BCUT2D eigenvalue weighted by Crippen LogP contribution is 2.41. The van der Waals surface area contributed by atoms with Gasteiger partial charge in [0.05, 0.1) is 0 Å². The molecule has 2 fully saturated rings. The zero-order valence-electron chi connectivity index (χ0n) is 16.5. The summed E-state index contributed by atoms with van der Waals surface area (Å²) in [4.78, 5) is 15.2. The molecule has 1 amide bonds. The van der Waals surface area contributed by atoms with Crippen molar-refractivity contribution in [3.05, 3.63) is 23.8 Å². The van der Waals surface area contributed by atoms with Gasteiger partial charge in [0.2, 0.25) is 12.7 Å². The van der Waals surface area contributed by atoms with Crippen molar-refractivity contribution >= 4 is 17.7 Å². The molecule has 1 saturated heterocycles. The average Bonchev–Trinajstić information content (AvgIpc) is 3.02. The van der Waals surface area contributed by atoms with Crippen LogP contribution in [0.3, 0.4) is 0 Å². The van der Waals surface area contributed by atoms with Gasteiger partial charge in [0.1, 0.15) is 0 Å². The highest BCUT2D eigenvalue weighted by molar-refractivity contribution is 7.99. The molecule has 0 spiro atoms. The van der Waals surface area contributed by atoms with Crippen LogP contribution in [-0.4, -0.2) is 36.4 Å². The zero-order valence-corrected chi connectivity index (χ0v) is 17.3. The van der Waals surface area contributed by atoms with E-state index in [0.29, 0.717) is 18.0 Å². The van der Waals surface area contributed by atoms with Crippen molar-refractivity contribution in [2.75, 3.05) is 25.6 Å². The summed E-state index contributed by atoms with van der Waals surface area (Å²) in [6, 6.07) is 6.28. The first-order valence-electron chi connectivity index (χ1n) is 10.4. The van der Waals surface area contributed by atoms with Crippen LogP contribution in [0.15, 0.2) is 18.2 Å². The van der Waals surface area contributed by atoms with Crippen molar-refractivity contribution < 1.29 is 14.3 Å². The van der Waals surface area contributed by atoms with Gasteiger partial charge in [-0.15, -0.1) is 0 Å². The first-order valence-corrected chi connectivity index (χ1v) is 11.5. The molecule has 1 aliphatic carbocycles. The summed E-state index contributed by atoms with van der Waals surface area (Å²) in [5.74, 6) is 4.92. The quantitative estimate of drug-likeness (QED) is 0.738. The highest BCUT2D eigenvalue weighted by Gasteiger charge is 2.32. The largest absolute Gasteiger partial charge is 0.454 e. The molecule has 27 heavy (non-hydrogen) atoms. The van der Waals surface area contributed by atoms with Crippen LogP contribution in [-0.2, 0) is 4.79 Å². The molecule has 0 aromatic heterocycles. The Morgan fingerprint density at radius 1 is 1.07 bits per heavy atom. The summed E-state index contributed by atoms with van der Waals surface area (Å²) < 4.78 is 11.0. The Bertz CT molecular complexity index is 670. The van der Waals surface area contributed by atoms with E-state index < -0.39 is 0 Å². The number of amides is 1. The van der Waals surface area contributed by atoms with E-state index in [9.17, 15) is 4.79 Å². The third-order valence-corrected chi connectivity index (χ3v) is 7.81. The fourth-order valence-corrected chi connectivity index (χ4v) is 5.88. The number of thioether (sulfide) groups is 1. The molecule has 0 N–H and O–H groups in total. The summed E-state index contributed by atoms with van der Waals surface area (Å²) in [6.07, 6.45) is 5.61. The molecule has 1 saturated carbocycles. The zero-order chi connectivity index (χ0) is 18.8. The van der Waals surface area contributed by atoms with E-state index >= 15 is 0 Å². The van der Waals surface area contributed by atoms with E-state index in [0.717, 1.165) is 61.4 Å². The lowest BCUT2D eigenvalue weighted by molar-refractivity contribution is -0.136. The first kappa shape index (κ1) is 19.0. The predicted octanol–water partition coefficient (Wildman–Crippen LogP) is 4.88. The second kappa shape index (κ2) is 8.34. The number of carbonyl (C=O) groups is 1. The molecule has 0 bridgehead atoms. The highest BCUT2D eigenvalue weighted by atomic mass is 32.2. The summed E-state index contributed by atoms with van der Waals surface area (Å²) in [5, 5.41) is 0.425. The Labute approximate surface area is 167 Å². The van der Waals surface area contributed by atoms with Crippen molar-refractivity contribution in [2.24, 2.45) is 17.8 Å². The molecular formula is C22H31NO3S. The second-order valence-electron chi connectivity index (χ2n) is 8.44. The summed E-state index contributed by atoms with van der Waals surface area (Å²) in [5.41, 5.74) is 1.29. The molecule has 4 rings (SSSR count). The number of hydrogen-bond acceptors (Lipinski definition) is 4. The van der Waals surface area contributed by atoms with Crippen LogP contribution in [0.1, 0.15) is 56.8 Å². The van der Waals surface area contributed by atoms with Gasteiger partial charge in [0, 0.05) is 30.0 Å². The van der Waals surface area contributed by atoms with Crippen molar-refractivity contribution in [1.29, 1.82) is 0 Å². The molecule has 2 aliphatic heterocycles. The average molecular weight is 390 g/mol. The lowest BCUT2D eigenvalue weighted by atomic mass is 9.76. The van der Waals surface area contributed by atoms with Crippen LogP contribution >= 0.6 is 11.8 Å². The van der Waals surface area contributed by atoms with Crippen molar-refractivity contribution in [3.8, 4) is 11.5 Å². The van der Waals surface area contributed by atoms with E-state index in [-0.39, 0.29) is 5.92 Å². The summed E-state index contributed by atoms with van der Waals surface area (Å²) >= 11 is 1.96. The normalized spacial score (nSPS) is 28.3. The SMILES string of the molecule is CC(C)C1CCC(C(=O)N2CCSC(c3ccc4c(c3)OCO4)CC2)CC1. The van der Waals surface area contributed by atoms with Crippen LogP contribution in [0.2, 0.25) is 0 Å². The standard InChI is InChI=1S/C22H31NO3S/c1-15(2)16-3-5-17(6-4-16)22(24)23-10-9-21(27-12-11-23)18-7-8-19-20(13-18)26-14-25-19/h7-8,13,15-17,21H,3-6,9-12,14H2,1-2H3. The van der Waals surface area contributed by atoms with Crippen LogP contribution in [0.4, 0.5) is 0 Å². The fraction of sp³-hybridized carbons (Fsp3) is 0.682. The minimum absolute atomic E-state index is 0.257. The van der Waals surface area contributed by atoms with Crippen molar-refractivity contribution in [2.45, 2.75) is 51.2 Å². The van der Waals surface area contributed by atoms with Gasteiger partial charge in [0.25, 0.3) is 0 Å². The molecule has 3 aliphatic rings. The topological polar surface area (TPSA) is 38.8 Å². The third-order valence-electron chi connectivity index (χ3n) is 6.49. The van der Waals surface area contributed by atoms with Crippen LogP contribution in [0.25, 0.3) is 0 Å². The number of benzene rings is 1. The molecule has 0 radical (unpaired) electrons. The maximum Gasteiger partial charge on any atom is 0.231 e. The van der Waals surface area contributed by atoms with E-state index in [1.807, 2.05) is 17.8 Å². The number of hydrogen-bond donors (Lipinski definition) is 0. The molecule has 2 heterocycles. The monoisotopic (exact) mass is 389 g/mol. The second-order valence-corrected chi connectivity index (χ2v) is 9.75. The van der Waals surface area contributed by atoms with Crippen molar-refractivity contribution in [3.63, 3.8) is 0 Å². The van der Waals surface area contributed by atoms with Crippen molar-refractivity contribution in [1.82, 2.24) is 4.90 Å². The Hall–Kier alpha value is -1.36. The molecule has 1 aromatic carbocycles. The maximum absolute atomic E-state index is 13.1. The minimum atomic E-state index is 0.257. The Morgan fingerprint density at radius 3 is 2.63 bits per heavy atom. The number of rotatable bonds is 3. The lowest BCUT2D eigenvalue weighted by Crippen LogP contribution is -2.39. The van der Waals surface area contributed by atoms with Gasteiger partial charge in [0.15, 0.2) is 11.5 Å². The summed E-state index contributed by atoms with van der Waals surface area (Å²) in [7, 11) is 0. The maximum atomic E-state index is 13.1. The van der Waals surface area contributed by atoms with Gasteiger partial charge >= 0.3 is 0 Å². The van der Waals surface area contributed by atoms with Crippen LogP contribution < -0.4 is 9.47 Å². The van der Waals surface area contributed by atoms with E-state index in [1.54, 1.807) is 0 Å². The number of nitrogens with zero attached hydrogens (tertiary/aromatic N) is 1. The minimum Gasteiger partial charge on any atom is -0.454 e. The Morgan fingerprint density at radius 2 is 1.85 bits per heavy atom. The summed E-state index contributed by atoms with van der Waals surface area (Å²) in [6.45, 7) is 6.70. The van der Waals surface area contributed by atoms with Gasteiger partial charge in [-0.2, -0.15) is 11.8 Å². The lowest BCUT2D eigenvalue weighted by Gasteiger charge is -2.33. The Balaban J connectivity index is 1.34. The molecule has 4 nitrogen and oxygen atoms in total. The fourth-order valence-electron chi connectivity index (χ4n) is 4.66. The van der Waals surface area contributed by atoms with Crippen LogP contribution in [0, 0.1) is 17.8 Å². The van der Waals surface area contributed by atoms with Gasteiger partial charge in [-0.1, -0.05) is 19.9 Å². The molecule has 148 valence electrons. The third kappa shape index (κ3) is 4.23. The molecular weight excluding hydrogens is 358 g/mol.